The van der Waals surface area contributed by atoms with Gasteiger partial charge in [0.1, 0.15) is 96.9 Å². The number of likely N-dealkylation sites (N-methyl/N-ethyl adjacent to an activating group) is 3. The number of carbonyl (C=O) groups excluding carboxylic acids is 18. The monoisotopic (exact) mass is 1980 g/mol. The van der Waals surface area contributed by atoms with Gasteiger partial charge in [0.25, 0.3) is 0 Å². The number of carboxylic acids is 1. The first kappa shape index (κ1) is 112. The number of nitrogens with one attached hydrogen (secondary N) is 12. The Balaban J connectivity index is 1.23. The van der Waals surface area contributed by atoms with E-state index in [9.17, 15) is 86.0 Å². The highest BCUT2D eigenvalue weighted by Crippen LogP contribution is 2.29. The largest absolute Gasteiger partial charge is 0.508 e. The highest BCUT2D eigenvalue weighted by Gasteiger charge is 2.48. The number of phenols is 1. The zero-order chi connectivity index (χ0) is 103. The number of nitrogens with zero attached hydrogens (tertiary/aromatic N) is 6. The average Bonchev–Trinajstić information content (AvgIpc) is 1.65. The highest BCUT2D eigenvalue weighted by molar-refractivity contribution is 8.00. The predicted molar refractivity (Wildman–Crippen MR) is 505 cm³/mol. The lowest BCUT2D eigenvalue weighted by Gasteiger charge is -2.36. The van der Waals surface area contributed by atoms with Gasteiger partial charge < -0.3 is 125 Å². The van der Waals surface area contributed by atoms with Gasteiger partial charge in [-0.3, -0.25) is 91.1 Å². The SMILES string of the molecule is CCCC[C@H]1C(=O)N(C)[C@@H](CCCC)C(=O)N[C@@H](CC(C)C)C(=O)N[C@H](C(=O)NCC(N)=O)CSCC(=O)N[C@@H](Cc2ccc(O)cc2)C(=O)N(C)[C@@H](C)C(=O)N[C@@H](CC(N)=O)C(=O)N2CCC[C@H]2C(=O)N[C@@H](CNC(=O)C(F)(F)F)C(=O)N[C@@H](CC(C)C)C(=O)N2C[C@H](O)C[C@H]2C(=O)N[C@@H](Cc2c[nH]c3ccccc23)C(=O)N[C@@H](CCN)C(=O)N[C@@H](Cc2cn(CC(=O)O)c3ccccc23)C(=O)N1C. The number of thioether (sulfide) groups is 1. The molecule has 140 heavy (non-hydrogen) atoms. The van der Waals surface area contributed by atoms with Crippen LogP contribution in [0.5, 0.6) is 5.75 Å². The van der Waals surface area contributed by atoms with E-state index in [-0.39, 0.29) is 89.0 Å². The summed E-state index contributed by atoms with van der Waals surface area (Å²) in [5, 5.41) is 59.9. The Kier molecular flexibility index (Phi) is 41.5. The Morgan fingerprint density at radius 1 is 0.557 bits per heavy atom. The van der Waals surface area contributed by atoms with Gasteiger partial charge in [-0.1, -0.05) is 116 Å². The van der Waals surface area contributed by atoms with Crippen molar-refractivity contribution in [2.45, 2.75) is 255 Å². The molecule has 47 heteroatoms. The minimum absolute atomic E-state index is 0.00573. The summed E-state index contributed by atoms with van der Waals surface area (Å²) < 4.78 is 43.5. The van der Waals surface area contributed by atoms with Gasteiger partial charge in [0.15, 0.2) is 0 Å². The second-order valence-electron chi connectivity index (χ2n) is 36.3. The van der Waals surface area contributed by atoms with E-state index in [0.29, 0.717) is 57.8 Å². The average molecular weight is 1980 g/mol. The molecule has 766 valence electrons. The summed E-state index contributed by atoms with van der Waals surface area (Å²) in [5.41, 5.74) is 19.4. The molecule has 0 unspecified atom stereocenters. The Morgan fingerprint density at radius 3 is 1.74 bits per heavy atom. The number of carbonyl (C=O) groups is 19. The summed E-state index contributed by atoms with van der Waals surface area (Å²) >= 11 is 0.741. The van der Waals surface area contributed by atoms with E-state index in [4.69, 9.17) is 17.2 Å². The maximum atomic E-state index is 16.0. The van der Waals surface area contributed by atoms with Gasteiger partial charge in [0.05, 0.1) is 24.8 Å². The molecule has 5 aromatic rings. The van der Waals surface area contributed by atoms with Crippen LogP contribution in [0.25, 0.3) is 21.8 Å². The quantitative estimate of drug-likeness (QED) is 0.0284. The lowest BCUT2D eigenvalue weighted by Crippen LogP contribution is -2.62. The van der Waals surface area contributed by atoms with Crippen molar-refractivity contribution in [2.24, 2.45) is 29.0 Å². The van der Waals surface area contributed by atoms with Crippen LogP contribution in [-0.4, -0.2) is 324 Å². The molecular formula is C93H130F3N21O22S. The number of amides is 18. The van der Waals surface area contributed by atoms with Crippen molar-refractivity contribution in [1.82, 2.24) is 92.5 Å². The molecule has 3 aliphatic rings. The fourth-order valence-corrected chi connectivity index (χ4v) is 17.9. The number of nitrogens with two attached hydrogens (primary N) is 3. The van der Waals surface area contributed by atoms with Crippen molar-refractivity contribution >= 4 is 146 Å². The second kappa shape index (κ2) is 52.0. The number of unbranched alkanes of at least 4 members (excludes halogenated alkanes) is 2. The molecule has 8 rings (SSSR count). The molecule has 0 spiro atoms. The first-order valence-corrected chi connectivity index (χ1v) is 47.7. The first-order chi connectivity index (χ1) is 66.1. The minimum Gasteiger partial charge on any atom is -0.508 e. The lowest BCUT2D eigenvalue weighted by atomic mass is 9.99. The number of benzene rings is 3. The third kappa shape index (κ3) is 31.3. The lowest BCUT2D eigenvalue weighted by molar-refractivity contribution is -0.173. The van der Waals surface area contributed by atoms with E-state index in [1.54, 1.807) is 87.7 Å². The van der Waals surface area contributed by atoms with E-state index >= 15 is 33.6 Å². The van der Waals surface area contributed by atoms with Crippen molar-refractivity contribution in [3.63, 3.8) is 0 Å². The van der Waals surface area contributed by atoms with E-state index in [0.717, 1.165) is 43.3 Å². The normalized spacial score (nSPS) is 24.5. The molecule has 3 aliphatic heterocycles. The molecule has 0 radical (unpaired) electrons. The number of carboxylic acid groups (broad SMARTS) is 1. The number of fused-ring (bicyclic) bond motifs is 4. The zero-order valence-electron chi connectivity index (χ0n) is 79.9. The Bertz CT molecular complexity index is 5310. The molecule has 2 aromatic heterocycles. The van der Waals surface area contributed by atoms with Crippen molar-refractivity contribution in [3.8, 4) is 5.75 Å². The van der Waals surface area contributed by atoms with Crippen LogP contribution in [0.15, 0.2) is 85.2 Å². The molecule has 3 saturated heterocycles. The number of aromatic hydroxyl groups is 1. The van der Waals surface area contributed by atoms with Crippen molar-refractivity contribution in [3.05, 3.63) is 102 Å². The molecular weight excluding hydrogens is 1850 g/mol. The van der Waals surface area contributed by atoms with Gasteiger partial charge in [-0.05, 0) is 111 Å². The van der Waals surface area contributed by atoms with Gasteiger partial charge in [-0.25, -0.2) is 0 Å². The first-order valence-electron chi connectivity index (χ1n) is 46.5. The standard InChI is InChI=1S/C93H130F3N21O22S/c1-11-13-23-70-84(131)105-61(34-49(3)4)81(128)111-68(79(126)101-43-75(99)121)47-140-48-76(122)103-64(36-52-27-29-55(118)30-28-52)87(134)112(8)51(7)78(125)107-66(40-74(98)120)89(136)116-33-19-26-71(116)85(132)110-67(42-102-92(139)93(94,95)96)83(130)108-63(35-50(5)6)90(137)117-45-56(119)39-73(117)86(133)106-62(37-53-41-100-59-22-17-15-20-57(53)59)82(129)104-60(31-32-97)80(127)109-65(88(135)114(10)72(24-14-12-2)91(138)113(70)9)38-54-44-115(46-77(123)124)69-25-18-16-21-58(54)69/h15-18,20-22,25,27-30,41,44,49-51,56,60-68,70-73,100,118-119H,11-14,19,23-24,26,31-40,42-43,45-48,97H2,1-10H3,(H2,98,120)(H2,99,121)(H,101,126)(H,102,139)(H,103,122)(H,104,129)(H,105,131)(H,106,133)(H,107,125)(H,108,130)(H,109,127)(H,110,132)(H,111,128)(H,123,124)/t51-,56+,60-,61-,62-,63-,64-,65-,66-,67-,68-,70-,71-,72-,73-/m0/s1. The number of para-hydroxylation sites is 2. The fraction of sp³-hybridized carbons (Fsp3) is 0.559. The summed E-state index contributed by atoms with van der Waals surface area (Å²) in [7, 11) is 3.78. The molecule has 15 atom stereocenters. The molecule has 18 amide bonds. The maximum absolute atomic E-state index is 16.0. The second-order valence-corrected chi connectivity index (χ2v) is 37.3. The number of aliphatic carboxylic acids is 1. The number of alkyl halides is 3. The number of phenolic OH excluding ortho intramolecular Hbond substituents is 1. The maximum Gasteiger partial charge on any atom is 0.471 e. The molecule has 5 heterocycles. The van der Waals surface area contributed by atoms with Crippen LogP contribution < -0.4 is 75.7 Å². The third-order valence-electron chi connectivity index (χ3n) is 24.6. The Labute approximate surface area is 810 Å². The third-order valence-corrected chi connectivity index (χ3v) is 25.6. The van der Waals surface area contributed by atoms with Crippen molar-refractivity contribution < 1.29 is 120 Å². The Hall–Kier alpha value is -13.5. The van der Waals surface area contributed by atoms with Crippen LogP contribution in [0.3, 0.4) is 0 Å². The molecule has 21 N–H and O–H groups in total. The van der Waals surface area contributed by atoms with Gasteiger partial charge in [-0.15, -0.1) is 11.8 Å². The van der Waals surface area contributed by atoms with Gasteiger partial charge in [0.2, 0.25) is 100 Å². The number of H-pyrrole nitrogens is 1. The van der Waals surface area contributed by atoms with Gasteiger partial charge in [-0.2, -0.15) is 13.2 Å². The van der Waals surface area contributed by atoms with Crippen LogP contribution in [0, 0.1) is 11.8 Å². The molecule has 3 aromatic carbocycles. The number of aliphatic hydroxyl groups excluding tert-OH is 1. The number of aromatic nitrogens is 2. The molecule has 0 aliphatic carbocycles. The van der Waals surface area contributed by atoms with E-state index in [1.165, 1.54) is 56.0 Å². The van der Waals surface area contributed by atoms with E-state index in [1.807, 2.05) is 13.8 Å². The van der Waals surface area contributed by atoms with Crippen LogP contribution in [0.1, 0.15) is 149 Å². The smallest absolute Gasteiger partial charge is 0.471 e. The van der Waals surface area contributed by atoms with Gasteiger partial charge in [0, 0.05) is 106 Å². The molecule has 43 nitrogen and oxygen atoms in total. The van der Waals surface area contributed by atoms with Crippen LogP contribution in [-0.2, 0) is 117 Å². The Morgan fingerprint density at radius 2 is 1.10 bits per heavy atom. The number of aromatic amines is 1. The van der Waals surface area contributed by atoms with E-state index in [2.05, 4.69) is 58.2 Å². The highest BCUT2D eigenvalue weighted by atomic mass is 32.2. The van der Waals surface area contributed by atoms with Crippen LogP contribution in [0.2, 0.25) is 0 Å². The number of aliphatic hydroxyl groups is 1. The molecule has 0 bridgehead atoms. The van der Waals surface area contributed by atoms with Crippen molar-refractivity contribution in [2.75, 3.05) is 65.4 Å². The number of rotatable bonds is 27. The summed E-state index contributed by atoms with van der Waals surface area (Å²) in [6.45, 7) is 7.58. The van der Waals surface area contributed by atoms with Crippen LogP contribution in [0.4, 0.5) is 13.2 Å². The fourth-order valence-electron chi connectivity index (χ4n) is 17.1. The summed E-state index contributed by atoms with van der Waals surface area (Å²) in [6.07, 6.45) is -6.28. The summed E-state index contributed by atoms with van der Waals surface area (Å²) in [5.74, 6) is -23.8. The zero-order valence-corrected chi connectivity index (χ0v) is 80.7. The minimum atomic E-state index is -5.58. The summed E-state index contributed by atoms with van der Waals surface area (Å²) in [4.78, 5) is 284. The van der Waals surface area contributed by atoms with Crippen LogP contribution >= 0.6 is 11.8 Å². The van der Waals surface area contributed by atoms with Gasteiger partial charge >= 0.3 is 18.1 Å². The number of primary amides is 2. The number of halogens is 3. The molecule has 0 saturated carbocycles. The number of hydrogen-bond acceptors (Lipinski definition) is 23. The number of hydrogen-bond donors (Lipinski definition) is 18. The topological polar surface area (TPSA) is 632 Å². The van der Waals surface area contributed by atoms with Crippen molar-refractivity contribution in [1.29, 1.82) is 0 Å². The molecule has 3 fully saturated rings. The van der Waals surface area contributed by atoms with E-state index < -0.39 is 272 Å². The summed E-state index contributed by atoms with van der Waals surface area (Å²) in [6, 6.07) is -4.79. The predicted octanol–water partition coefficient (Wildman–Crippen LogP) is -1.52.